The number of ether oxygens (including phenoxy) is 1. The Hall–Kier alpha value is -2.14. The van der Waals surface area contributed by atoms with E-state index in [2.05, 4.69) is 15.3 Å². The van der Waals surface area contributed by atoms with Gasteiger partial charge < -0.3 is 15.2 Å². The monoisotopic (exact) mass is 245 g/mol. The van der Waals surface area contributed by atoms with Gasteiger partial charge in [-0.2, -0.15) is 0 Å². The lowest BCUT2D eigenvalue weighted by Gasteiger charge is -2.06. The maximum absolute atomic E-state index is 8.97. The lowest BCUT2D eigenvalue weighted by Crippen LogP contribution is -2.04. The zero-order valence-corrected chi connectivity index (χ0v) is 10.1. The van der Waals surface area contributed by atoms with E-state index in [1.165, 1.54) is 0 Å². The van der Waals surface area contributed by atoms with Crippen LogP contribution in [0.3, 0.4) is 0 Å². The van der Waals surface area contributed by atoms with Crippen LogP contribution in [0.15, 0.2) is 36.5 Å². The summed E-state index contributed by atoms with van der Waals surface area (Å²) in [5, 5.41) is 12.1. The molecule has 2 rings (SSSR count). The first-order valence-electron chi connectivity index (χ1n) is 5.61. The van der Waals surface area contributed by atoms with E-state index in [0.717, 1.165) is 11.3 Å². The second kappa shape index (κ2) is 5.97. The molecule has 0 aliphatic heterocycles. The van der Waals surface area contributed by atoms with Crippen molar-refractivity contribution in [1.82, 2.24) is 9.97 Å². The average Bonchev–Trinajstić information content (AvgIpc) is 2.46. The number of aliphatic hydroxyl groups excluding tert-OH is 1. The van der Waals surface area contributed by atoms with Crippen molar-refractivity contribution < 1.29 is 9.84 Å². The Morgan fingerprint density at radius 3 is 2.67 bits per heavy atom. The van der Waals surface area contributed by atoms with Gasteiger partial charge in [-0.3, -0.25) is 0 Å². The van der Waals surface area contributed by atoms with E-state index >= 15 is 0 Å². The summed E-state index contributed by atoms with van der Waals surface area (Å²) in [4.78, 5) is 8.22. The van der Waals surface area contributed by atoms with Crippen molar-refractivity contribution in [3.05, 3.63) is 47.8 Å². The predicted molar refractivity (Wildman–Crippen MR) is 68.3 cm³/mol. The number of hydrogen-bond acceptors (Lipinski definition) is 5. The minimum Gasteiger partial charge on any atom is -0.497 e. The molecule has 2 aromatic rings. The summed E-state index contributed by atoms with van der Waals surface area (Å²) in [6, 6.07) is 9.44. The molecule has 0 saturated heterocycles. The van der Waals surface area contributed by atoms with Crippen molar-refractivity contribution in [1.29, 1.82) is 0 Å². The molecule has 1 aromatic carbocycles. The fourth-order valence-electron chi connectivity index (χ4n) is 1.49. The molecule has 94 valence electrons. The Morgan fingerprint density at radius 1 is 1.22 bits per heavy atom. The van der Waals surface area contributed by atoms with Crippen LogP contribution in [0.2, 0.25) is 0 Å². The summed E-state index contributed by atoms with van der Waals surface area (Å²) >= 11 is 0. The maximum atomic E-state index is 8.97. The SMILES string of the molecule is COc1ccc(CNc2nccc(CO)n2)cc1. The second-order valence-corrected chi connectivity index (χ2v) is 3.73. The third kappa shape index (κ3) is 3.18. The van der Waals surface area contributed by atoms with E-state index in [1.54, 1.807) is 19.4 Å². The van der Waals surface area contributed by atoms with Crippen LogP contribution in [0.4, 0.5) is 5.95 Å². The Labute approximate surface area is 105 Å². The van der Waals surface area contributed by atoms with Gasteiger partial charge in [0, 0.05) is 12.7 Å². The lowest BCUT2D eigenvalue weighted by molar-refractivity contribution is 0.277. The smallest absolute Gasteiger partial charge is 0.223 e. The van der Waals surface area contributed by atoms with Crippen LogP contribution < -0.4 is 10.1 Å². The van der Waals surface area contributed by atoms with E-state index in [-0.39, 0.29) is 6.61 Å². The Balaban J connectivity index is 1.97. The second-order valence-electron chi connectivity index (χ2n) is 3.73. The molecule has 0 fully saturated rings. The standard InChI is InChI=1S/C13H15N3O2/c1-18-12-4-2-10(3-5-12)8-15-13-14-7-6-11(9-17)16-13/h2-7,17H,8-9H2,1H3,(H,14,15,16). The van der Waals surface area contributed by atoms with Crippen LogP contribution in [-0.2, 0) is 13.2 Å². The predicted octanol–water partition coefficient (Wildman–Crippen LogP) is 1.59. The molecule has 0 radical (unpaired) electrons. The van der Waals surface area contributed by atoms with Crippen LogP contribution in [0.1, 0.15) is 11.3 Å². The summed E-state index contributed by atoms with van der Waals surface area (Å²) in [5.74, 6) is 1.34. The fourth-order valence-corrected chi connectivity index (χ4v) is 1.49. The topological polar surface area (TPSA) is 67.3 Å². The minimum atomic E-state index is -0.0836. The molecule has 0 saturated carbocycles. The molecule has 2 N–H and O–H groups in total. The molecular weight excluding hydrogens is 230 g/mol. The summed E-state index contributed by atoms with van der Waals surface area (Å²) in [6.07, 6.45) is 1.62. The van der Waals surface area contributed by atoms with Gasteiger partial charge in [0.2, 0.25) is 5.95 Å². The third-order valence-corrected chi connectivity index (χ3v) is 2.48. The molecule has 1 heterocycles. The average molecular weight is 245 g/mol. The number of aliphatic hydroxyl groups is 1. The summed E-state index contributed by atoms with van der Waals surface area (Å²) in [5.41, 5.74) is 1.70. The van der Waals surface area contributed by atoms with Crippen LogP contribution >= 0.6 is 0 Å². The highest BCUT2D eigenvalue weighted by Gasteiger charge is 1.99. The van der Waals surface area contributed by atoms with Gasteiger partial charge in [-0.15, -0.1) is 0 Å². The number of methoxy groups -OCH3 is 1. The number of anilines is 1. The fraction of sp³-hybridized carbons (Fsp3) is 0.231. The molecule has 0 aliphatic rings. The number of hydrogen-bond donors (Lipinski definition) is 2. The normalized spacial score (nSPS) is 10.1. The lowest BCUT2D eigenvalue weighted by atomic mass is 10.2. The number of nitrogens with one attached hydrogen (secondary N) is 1. The van der Waals surface area contributed by atoms with Crippen molar-refractivity contribution in [3.63, 3.8) is 0 Å². The number of nitrogens with zero attached hydrogens (tertiary/aromatic N) is 2. The molecule has 1 aromatic heterocycles. The molecule has 5 heteroatoms. The molecule has 0 aliphatic carbocycles. The molecule has 0 bridgehead atoms. The Morgan fingerprint density at radius 2 is 2.00 bits per heavy atom. The van der Waals surface area contributed by atoms with Gasteiger partial charge in [0.15, 0.2) is 0 Å². The van der Waals surface area contributed by atoms with Crippen molar-refractivity contribution in [2.24, 2.45) is 0 Å². The van der Waals surface area contributed by atoms with Gasteiger partial charge in [-0.1, -0.05) is 12.1 Å². The molecule has 0 spiro atoms. The molecule has 0 amide bonds. The summed E-state index contributed by atoms with van der Waals surface area (Å²) in [6.45, 7) is 0.540. The van der Waals surface area contributed by atoms with E-state index in [1.807, 2.05) is 24.3 Å². The van der Waals surface area contributed by atoms with Gasteiger partial charge in [-0.25, -0.2) is 9.97 Å². The highest BCUT2D eigenvalue weighted by molar-refractivity contribution is 5.31. The minimum absolute atomic E-state index is 0.0836. The highest BCUT2D eigenvalue weighted by atomic mass is 16.5. The van der Waals surface area contributed by atoms with E-state index in [0.29, 0.717) is 18.2 Å². The number of benzene rings is 1. The molecule has 0 unspecified atom stereocenters. The van der Waals surface area contributed by atoms with Crippen LogP contribution in [0.5, 0.6) is 5.75 Å². The summed E-state index contributed by atoms with van der Waals surface area (Å²) < 4.78 is 5.09. The number of rotatable bonds is 5. The first-order chi connectivity index (χ1) is 8.81. The van der Waals surface area contributed by atoms with E-state index < -0.39 is 0 Å². The molecule has 18 heavy (non-hydrogen) atoms. The van der Waals surface area contributed by atoms with Gasteiger partial charge in [0.1, 0.15) is 5.75 Å². The first kappa shape index (κ1) is 12.3. The van der Waals surface area contributed by atoms with Crippen molar-refractivity contribution in [2.45, 2.75) is 13.2 Å². The van der Waals surface area contributed by atoms with Gasteiger partial charge >= 0.3 is 0 Å². The molecule has 0 atom stereocenters. The van der Waals surface area contributed by atoms with Gasteiger partial charge in [0.05, 0.1) is 19.4 Å². The van der Waals surface area contributed by atoms with Crippen molar-refractivity contribution in [3.8, 4) is 5.75 Å². The quantitative estimate of drug-likeness (QED) is 0.837. The molecule has 5 nitrogen and oxygen atoms in total. The van der Waals surface area contributed by atoms with E-state index in [4.69, 9.17) is 9.84 Å². The van der Waals surface area contributed by atoms with Gasteiger partial charge in [-0.05, 0) is 23.8 Å². The number of aromatic nitrogens is 2. The maximum Gasteiger partial charge on any atom is 0.223 e. The van der Waals surface area contributed by atoms with Crippen LogP contribution in [0, 0.1) is 0 Å². The van der Waals surface area contributed by atoms with Crippen molar-refractivity contribution in [2.75, 3.05) is 12.4 Å². The largest absolute Gasteiger partial charge is 0.497 e. The van der Waals surface area contributed by atoms with E-state index in [9.17, 15) is 0 Å². The zero-order valence-electron chi connectivity index (χ0n) is 10.1. The third-order valence-electron chi connectivity index (χ3n) is 2.48. The highest BCUT2D eigenvalue weighted by Crippen LogP contribution is 2.12. The van der Waals surface area contributed by atoms with Gasteiger partial charge in [0.25, 0.3) is 0 Å². The summed E-state index contributed by atoms with van der Waals surface area (Å²) in [7, 11) is 1.64. The van der Waals surface area contributed by atoms with Crippen LogP contribution in [-0.4, -0.2) is 22.2 Å². The Bertz CT molecular complexity index is 500. The molecular formula is C13H15N3O2. The zero-order chi connectivity index (χ0) is 12.8. The Kier molecular flexibility index (Phi) is 4.09. The van der Waals surface area contributed by atoms with Crippen LogP contribution in [0.25, 0.3) is 0 Å². The first-order valence-corrected chi connectivity index (χ1v) is 5.61. The van der Waals surface area contributed by atoms with Crippen molar-refractivity contribution >= 4 is 5.95 Å².